The topological polar surface area (TPSA) is 61.4 Å². The molecule has 1 saturated carbocycles. The lowest BCUT2D eigenvalue weighted by Gasteiger charge is -2.30. The van der Waals surface area contributed by atoms with Gasteiger partial charge in [0.05, 0.1) is 0 Å². The highest BCUT2D eigenvalue weighted by Crippen LogP contribution is 2.24. The largest absolute Gasteiger partial charge is 0.396 e. The number of benzene rings is 1. The predicted molar refractivity (Wildman–Crippen MR) is 80.9 cm³/mol. The Kier molecular flexibility index (Phi) is 5.01. The lowest BCUT2D eigenvalue weighted by molar-refractivity contribution is 0.156. The average Bonchev–Trinajstić information content (AvgIpc) is 2.44. The summed E-state index contributed by atoms with van der Waals surface area (Å²) in [6.07, 6.45) is 4.20. The quantitative estimate of drug-likeness (QED) is 0.795. The lowest BCUT2D eigenvalue weighted by atomic mass is 9.85. The Morgan fingerprint density at radius 2 is 2.05 bits per heavy atom. The summed E-state index contributed by atoms with van der Waals surface area (Å²) in [6.45, 7) is 4.18. The van der Waals surface area contributed by atoms with Crippen LogP contribution in [0.15, 0.2) is 18.2 Å². The number of carbonyl (C=O) groups is 1. The molecule has 20 heavy (non-hydrogen) atoms. The van der Waals surface area contributed by atoms with Gasteiger partial charge in [-0.15, -0.1) is 0 Å². The summed E-state index contributed by atoms with van der Waals surface area (Å²) in [7, 11) is 0. The van der Waals surface area contributed by atoms with Gasteiger partial charge in [-0.05, 0) is 43.9 Å². The molecule has 2 atom stereocenters. The van der Waals surface area contributed by atoms with Gasteiger partial charge < -0.3 is 15.7 Å². The molecule has 2 unspecified atom stereocenters. The van der Waals surface area contributed by atoms with Crippen molar-refractivity contribution < 1.29 is 9.90 Å². The number of rotatable bonds is 3. The van der Waals surface area contributed by atoms with Crippen LogP contribution in [0.2, 0.25) is 0 Å². The van der Waals surface area contributed by atoms with Crippen LogP contribution >= 0.6 is 0 Å². The standard InChI is InChI=1S/C16H24N2O2/c1-11-6-5-9-14(12(11)2)17-16(20)18-15-8-4-3-7-13(15)10-19/h5-6,9,13,15,19H,3-4,7-8,10H2,1-2H3,(H2,17,18,20). The molecule has 1 aromatic carbocycles. The maximum atomic E-state index is 12.1. The number of amides is 2. The molecule has 110 valence electrons. The van der Waals surface area contributed by atoms with Crippen LogP contribution < -0.4 is 10.6 Å². The molecule has 3 N–H and O–H groups in total. The molecule has 0 bridgehead atoms. The molecular weight excluding hydrogens is 252 g/mol. The van der Waals surface area contributed by atoms with E-state index in [9.17, 15) is 9.90 Å². The number of hydrogen-bond donors (Lipinski definition) is 3. The van der Waals surface area contributed by atoms with E-state index in [1.165, 1.54) is 0 Å². The summed E-state index contributed by atoms with van der Waals surface area (Å²) < 4.78 is 0. The maximum Gasteiger partial charge on any atom is 0.319 e. The van der Waals surface area contributed by atoms with E-state index in [0.29, 0.717) is 0 Å². The first-order chi connectivity index (χ1) is 9.61. The summed E-state index contributed by atoms with van der Waals surface area (Å²) in [4.78, 5) is 12.1. The fourth-order valence-corrected chi connectivity index (χ4v) is 2.83. The van der Waals surface area contributed by atoms with Crippen LogP contribution in [0.4, 0.5) is 10.5 Å². The Hall–Kier alpha value is -1.55. The Labute approximate surface area is 120 Å². The second-order valence-electron chi connectivity index (χ2n) is 5.68. The molecule has 0 aliphatic heterocycles. The van der Waals surface area contributed by atoms with Crippen molar-refractivity contribution >= 4 is 11.7 Å². The molecule has 4 heteroatoms. The van der Waals surface area contributed by atoms with Crippen molar-refractivity contribution in [1.82, 2.24) is 5.32 Å². The van der Waals surface area contributed by atoms with Crippen molar-refractivity contribution in [3.8, 4) is 0 Å². The van der Waals surface area contributed by atoms with E-state index < -0.39 is 0 Å². The first-order valence-electron chi connectivity index (χ1n) is 7.36. The molecule has 0 saturated heterocycles. The fourth-order valence-electron chi connectivity index (χ4n) is 2.83. The number of urea groups is 1. The number of hydrogen-bond acceptors (Lipinski definition) is 2. The molecule has 1 aliphatic carbocycles. The van der Waals surface area contributed by atoms with Crippen molar-refractivity contribution in [2.75, 3.05) is 11.9 Å². The third kappa shape index (κ3) is 3.51. The number of aliphatic hydroxyl groups excluding tert-OH is 1. The zero-order chi connectivity index (χ0) is 14.5. The Balaban J connectivity index is 1.96. The molecule has 2 rings (SSSR count). The van der Waals surface area contributed by atoms with E-state index in [4.69, 9.17) is 0 Å². The first kappa shape index (κ1) is 14.9. The SMILES string of the molecule is Cc1cccc(NC(=O)NC2CCCCC2CO)c1C. The number of aliphatic hydroxyl groups is 1. The smallest absolute Gasteiger partial charge is 0.319 e. The van der Waals surface area contributed by atoms with Gasteiger partial charge in [-0.25, -0.2) is 4.79 Å². The minimum atomic E-state index is -0.177. The van der Waals surface area contributed by atoms with Crippen molar-refractivity contribution in [3.63, 3.8) is 0 Å². The molecule has 1 aliphatic rings. The zero-order valence-corrected chi connectivity index (χ0v) is 12.3. The van der Waals surface area contributed by atoms with Crippen LogP contribution in [0.1, 0.15) is 36.8 Å². The zero-order valence-electron chi connectivity index (χ0n) is 12.3. The van der Waals surface area contributed by atoms with E-state index in [2.05, 4.69) is 10.6 Å². The Morgan fingerprint density at radius 3 is 2.80 bits per heavy atom. The fraction of sp³-hybridized carbons (Fsp3) is 0.562. The molecule has 0 radical (unpaired) electrons. The van der Waals surface area contributed by atoms with Crippen LogP contribution in [-0.2, 0) is 0 Å². The Morgan fingerprint density at radius 1 is 1.30 bits per heavy atom. The molecule has 0 aromatic heterocycles. The molecule has 1 aromatic rings. The van der Waals surface area contributed by atoms with Gasteiger partial charge in [0.1, 0.15) is 0 Å². The van der Waals surface area contributed by atoms with Gasteiger partial charge in [0.25, 0.3) is 0 Å². The summed E-state index contributed by atoms with van der Waals surface area (Å²) in [6, 6.07) is 5.78. The predicted octanol–water partition coefficient (Wildman–Crippen LogP) is 2.98. The third-order valence-corrected chi connectivity index (χ3v) is 4.31. The van der Waals surface area contributed by atoms with Gasteiger partial charge in [-0.3, -0.25) is 0 Å². The van der Waals surface area contributed by atoms with Gasteiger partial charge in [0.2, 0.25) is 0 Å². The van der Waals surface area contributed by atoms with Gasteiger partial charge in [-0.2, -0.15) is 0 Å². The highest BCUT2D eigenvalue weighted by molar-refractivity contribution is 5.90. The molecular formula is C16H24N2O2. The minimum absolute atomic E-state index is 0.0823. The number of nitrogens with one attached hydrogen (secondary N) is 2. The van der Waals surface area contributed by atoms with E-state index in [-0.39, 0.29) is 24.6 Å². The summed E-state index contributed by atoms with van der Waals surface area (Å²) in [5.41, 5.74) is 3.09. The van der Waals surface area contributed by atoms with Gasteiger partial charge in [0.15, 0.2) is 0 Å². The second kappa shape index (κ2) is 6.75. The normalized spacial score (nSPS) is 22.4. The Bertz CT molecular complexity index is 474. The average molecular weight is 276 g/mol. The van der Waals surface area contributed by atoms with Crippen molar-refractivity contribution in [2.45, 2.75) is 45.6 Å². The molecule has 2 amide bonds. The van der Waals surface area contributed by atoms with Crippen molar-refractivity contribution in [2.24, 2.45) is 5.92 Å². The number of aryl methyl sites for hydroxylation is 1. The molecule has 0 heterocycles. The van der Waals surface area contributed by atoms with E-state index in [1.54, 1.807) is 0 Å². The van der Waals surface area contributed by atoms with Crippen LogP contribution in [0.25, 0.3) is 0 Å². The summed E-state index contributed by atoms with van der Waals surface area (Å²) in [5, 5.41) is 15.3. The highest BCUT2D eigenvalue weighted by Gasteiger charge is 2.25. The highest BCUT2D eigenvalue weighted by atomic mass is 16.3. The van der Waals surface area contributed by atoms with Crippen LogP contribution in [0.5, 0.6) is 0 Å². The van der Waals surface area contributed by atoms with Gasteiger partial charge >= 0.3 is 6.03 Å². The monoisotopic (exact) mass is 276 g/mol. The van der Waals surface area contributed by atoms with Crippen LogP contribution in [0, 0.1) is 19.8 Å². The maximum absolute atomic E-state index is 12.1. The number of anilines is 1. The number of carbonyl (C=O) groups excluding carboxylic acids is 1. The third-order valence-electron chi connectivity index (χ3n) is 4.31. The molecule has 0 spiro atoms. The van der Waals surface area contributed by atoms with E-state index in [1.807, 2.05) is 32.0 Å². The summed E-state index contributed by atoms with van der Waals surface area (Å²) >= 11 is 0. The van der Waals surface area contributed by atoms with E-state index in [0.717, 1.165) is 42.5 Å². The molecule has 4 nitrogen and oxygen atoms in total. The first-order valence-corrected chi connectivity index (χ1v) is 7.36. The van der Waals surface area contributed by atoms with Crippen LogP contribution in [0.3, 0.4) is 0 Å². The second-order valence-corrected chi connectivity index (χ2v) is 5.68. The van der Waals surface area contributed by atoms with Crippen molar-refractivity contribution in [1.29, 1.82) is 0 Å². The van der Waals surface area contributed by atoms with Crippen LogP contribution in [-0.4, -0.2) is 23.8 Å². The molecule has 1 fully saturated rings. The van der Waals surface area contributed by atoms with E-state index >= 15 is 0 Å². The minimum Gasteiger partial charge on any atom is -0.396 e. The van der Waals surface area contributed by atoms with Crippen molar-refractivity contribution in [3.05, 3.63) is 29.3 Å². The van der Waals surface area contributed by atoms with Gasteiger partial charge in [0, 0.05) is 24.3 Å². The lowest BCUT2D eigenvalue weighted by Crippen LogP contribution is -2.45. The van der Waals surface area contributed by atoms with Gasteiger partial charge in [-0.1, -0.05) is 25.0 Å². The summed E-state index contributed by atoms with van der Waals surface area (Å²) in [5.74, 6) is 0.188.